The molecule has 0 unspecified atom stereocenters. The van der Waals surface area contributed by atoms with Crippen LogP contribution >= 0.6 is 27.3 Å². The Morgan fingerprint density at radius 3 is 2.64 bits per heavy atom. The second kappa shape index (κ2) is 6.50. The Morgan fingerprint density at radius 2 is 2.05 bits per heavy atom. The predicted molar refractivity (Wildman–Crippen MR) is 89.4 cm³/mol. The van der Waals surface area contributed by atoms with Gasteiger partial charge in [-0.05, 0) is 39.7 Å². The number of carboxylic acid groups (broad SMARTS) is 1. The first kappa shape index (κ1) is 15.7. The molecule has 1 aliphatic rings. The fraction of sp³-hybridized carbons (Fsp3) is 0.312. The topological polar surface area (TPSA) is 60.8 Å². The molecule has 0 amide bonds. The molecule has 0 spiro atoms. The minimum absolute atomic E-state index is 0.0336. The number of aliphatic hydroxyl groups is 1. The molecular weight excluding hydrogens is 366 g/mol. The molecule has 2 aromatic rings. The zero-order valence-electron chi connectivity index (χ0n) is 11.8. The van der Waals surface area contributed by atoms with Gasteiger partial charge in [-0.1, -0.05) is 12.1 Å². The van der Waals surface area contributed by atoms with E-state index in [4.69, 9.17) is 5.11 Å². The van der Waals surface area contributed by atoms with E-state index in [9.17, 15) is 9.90 Å². The molecule has 4 nitrogen and oxygen atoms in total. The van der Waals surface area contributed by atoms with E-state index in [1.807, 2.05) is 12.1 Å². The molecule has 2 atom stereocenters. The summed E-state index contributed by atoms with van der Waals surface area (Å²) in [6, 6.07) is 8.92. The number of rotatable bonds is 4. The number of carbonyl (C=O) groups is 1. The highest BCUT2D eigenvalue weighted by molar-refractivity contribution is 9.10. The molecule has 6 heteroatoms. The Hall–Kier alpha value is -1.21. The second-order valence-electron chi connectivity index (χ2n) is 5.53. The van der Waals surface area contributed by atoms with Crippen LogP contribution in [0.25, 0.3) is 0 Å². The monoisotopic (exact) mass is 381 g/mol. The van der Waals surface area contributed by atoms with Crippen molar-refractivity contribution in [2.45, 2.75) is 18.6 Å². The van der Waals surface area contributed by atoms with Gasteiger partial charge >= 0.3 is 5.97 Å². The van der Waals surface area contributed by atoms with Crippen LogP contribution in [0.2, 0.25) is 0 Å². The van der Waals surface area contributed by atoms with Crippen LogP contribution < -0.4 is 0 Å². The largest absolute Gasteiger partial charge is 0.478 e. The summed E-state index contributed by atoms with van der Waals surface area (Å²) in [5.74, 6) is -0.894. The summed E-state index contributed by atoms with van der Waals surface area (Å²) in [4.78, 5) is 14.4. The maximum Gasteiger partial charge on any atom is 0.335 e. The quantitative estimate of drug-likeness (QED) is 0.853. The number of nitrogens with zero attached hydrogens (tertiary/aromatic N) is 1. The van der Waals surface area contributed by atoms with E-state index < -0.39 is 12.1 Å². The van der Waals surface area contributed by atoms with E-state index in [0.29, 0.717) is 6.54 Å². The Morgan fingerprint density at radius 1 is 1.32 bits per heavy atom. The van der Waals surface area contributed by atoms with Crippen LogP contribution in [0.15, 0.2) is 40.2 Å². The first-order chi connectivity index (χ1) is 10.5. The molecule has 0 bridgehead atoms. The molecule has 1 aromatic heterocycles. The molecule has 1 aromatic carbocycles. The van der Waals surface area contributed by atoms with Gasteiger partial charge in [-0.2, -0.15) is 0 Å². The molecular formula is C16H16BrNO3S. The maximum absolute atomic E-state index is 10.9. The van der Waals surface area contributed by atoms with Gasteiger partial charge in [-0.15, -0.1) is 11.3 Å². The second-order valence-corrected chi connectivity index (χ2v) is 7.44. The van der Waals surface area contributed by atoms with Gasteiger partial charge in [0.2, 0.25) is 0 Å². The molecule has 0 radical (unpaired) electrons. The van der Waals surface area contributed by atoms with Crippen molar-refractivity contribution in [2.75, 3.05) is 13.1 Å². The number of aliphatic hydroxyl groups excluding tert-OH is 1. The summed E-state index contributed by atoms with van der Waals surface area (Å²) in [6.45, 7) is 2.25. The van der Waals surface area contributed by atoms with Crippen LogP contribution in [0.1, 0.15) is 26.7 Å². The highest BCUT2D eigenvalue weighted by Gasteiger charge is 2.32. The summed E-state index contributed by atoms with van der Waals surface area (Å²) >= 11 is 5.16. The molecule has 1 aliphatic heterocycles. The Kier molecular flexibility index (Phi) is 4.63. The Labute approximate surface area is 141 Å². The van der Waals surface area contributed by atoms with Crippen molar-refractivity contribution in [1.29, 1.82) is 0 Å². The summed E-state index contributed by atoms with van der Waals surface area (Å²) in [5, 5.41) is 21.3. The number of halogens is 1. The maximum atomic E-state index is 10.9. The standard InChI is InChI=1S/C16H16BrNO3S/c17-12-5-13(22-9-12)6-18-7-14(15(19)8-18)10-1-3-11(4-2-10)16(20)21/h1-5,9,14-15,19H,6-8H2,(H,20,21)/t14-,15+/m1/s1. The highest BCUT2D eigenvalue weighted by atomic mass is 79.9. The van der Waals surface area contributed by atoms with Crippen molar-refractivity contribution in [3.63, 3.8) is 0 Å². The lowest BCUT2D eigenvalue weighted by atomic mass is 9.95. The molecule has 3 rings (SSSR count). The van der Waals surface area contributed by atoms with Gasteiger partial charge < -0.3 is 10.2 Å². The normalized spacial score (nSPS) is 22.1. The smallest absolute Gasteiger partial charge is 0.335 e. The summed E-state index contributed by atoms with van der Waals surface area (Å²) < 4.78 is 1.09. The first-order valence-electron chi connectivity index (χ1n) is 6.99. The number of hydrogen-bond donors (Lipinski definition) is 2. The van der Waals surface area contributed by atoms with Crippen molar-refractivity contribution in [2.24, 2.45) is 0 Å². The molecule has 116 valence electrons. The van der Waals surface area contributed by atoms with Gasteiger partial charge in [0.25, 0.3) is 0 Å². The zero-order valence-corrected chi connectivity index (χ0v) is 14.2. The van der Waals surface area contributed by atoms with Gasteiger partial charge in [0.1, 0.15) is 0 Å². The molecule has 0 aliphatic carbocycles. The van der Waals surface area contributed by atoms with Crippen molar-refractivity contribution < 1.29 is 15.0 Å². The number of β-amino-alcohol motifs (C(OH)–C–C–N with tert-alkyl or cyclic N) is 1. The van der Waals surface area contributed by atoms with Gasteiger partial charge in [-0.25, -0.2) is 4.79 Å². The summed E-state index contributed by atoms with van der Waals surface area (Å²) in [6.07, 6.45) is -0.418. The highest BCUT2D eigenvalue weighted by Crippen LogP contribution is 2.30. The predicted octanol–water partition coefficient (Wildman–Crippen LogP) is 3.17. The third kappa shape index (κ3) is 3.41. The van der Waals surface area contributed by atoms with Crippen LogP contribution in [-0.4, -0.2) is 40.3 Å². The molecule has 1 saturated heterocycles. The lowest BCUT2D eigenvalue weighted by Gasteiger charge is -2.15. The average Bonchev–Trinajstić information content (AvgIpc) is 3.05. The molecule has 2 heterocycles. The fourth-order valence-corrected chi connectivity index (χ4v) is 4.35. The number of thiophene rings is 1. The van der Waals surface area contributed by atoms with Crippen LogP contribution in [0.4, 0.5) is 0 Å². The van der Waals surface area contributed by atoms with Crippen LogP contribution in [0.3, 0.4) is 0 Å². The van der Waals surface area contributed by atoms with Gasteiger partial charge in [0.05, 0.1) is 11.7 Å². The van der Waals surface area contributed by atoms with E-state index in [1.54, 1.807) is 23.5 Å². The van der Waals surface area contributed by atoms with Gasteiger partial charge in [0.15, 0.2) is 0 Å². The number of aromatic carboxylic acids is 1. The van der Waals surface area contributed by atoms with E-state index in [-0.39, 0.29) is 11.5 Å². The number of hydrogen-bond acceptors (Lipinski definition) is 4. The van der Waals surface area contributed by atoms with E-state index in [0.717, 1.165) is 23.1 Å². The van der Waals surface area contributed by atoms with Crippen LogP contribution in [0.5, 0.6) is 0 Å². The first-order valence-corrected chi connectivity index (χ1v) is 8.67. The van der Waals surface area contributed by atoms with Crippen molar-refractivity contribution >= 4 is 33.2 Å². The lowest BCUT2D eigenvalue weighted by Crippen LogP contribution is -2.20. The third-order valence-corrected chi connectivity index (χ3v) is 5.63. The Bertz CT molecular complexity index is 670. The molecule has 1 fully saturated rings. The fourth-order valence-electron chi connectivity index (χ4n) is 2.85. The van der Waals surface area contributed by atoms with Crippen LogP contribution in [0, 0.1) is 0 Å². The molecule has 22 heavy (non-hydrogen) atoms. The third-order valence-electron chi connectivity index (χ3n) is 3.95. The van der Waals surface area contributed by atoms with Crippen molar-refractivity contribution in [3.05, 3.63) is 56.2 Å². The summed E-state index contributed by atoms with van der Waals surface area (Å²) in [5.41, 5.74) is 1.27. The summed E-state index contributed by atoms with van der Waals surface area (Å²) in [7, 11) is 0. The number of likely N-dealkylation sites (tertiary alicyclic amines) is 1. The van der Waals surface area contributed by atoms with Gasteiger partial charge in [0, 0.05) is 40.3 Å². The SMILES string of the molecule is O=C(O)c1ccc([C@H]2CN(Cc3cc(Br)cs3)C[C@@H]2O)cc1. The number of carboxylic acids is 1. The van der Waals surface area contributed by atoms with Crippen molar-refractivity contribution in [1.82, 2.24) is 4.90 Å². The van der Waals surface area contributed by atoms with E-state index in [2.05, 4.69) is 32.3 Å². The Balaban J connectivity index is 1.68. The van der Waals surface area contributed by atoms with Gasteiger partial charge in [-0.3, -0.25) is 4.90 Å². The van der Waals surface area contributed by atoms with E-state index >= 15 is 0 Å². The minimum Gasteiger partial charge on any atom is -0.478 e. The number of benzene rings is 1. The van der Waals surface area contributed by atoms with Crippen LogP contribution in [-0.2, 0) is 6.54 Å². The molecule has 0 saturated carbocycles. The van der Waals surface area contributed by atoms with E-state index in [1.165, 1.54) is 4.88 Å². The minimum atomic E-state index is -0.927. The average molecular weight is 382 g/mol. The van der Waals surface area contributed by atoms with Crippen molar-refractivity contribution in [3.8, 4) is 0 Å². The lowest BCUT2D eigenvalue weighted by molar-refractivity contribution is 0.0697. The molecule has 2 N–H and O–H groups in total. The zero-order chi connectivity index (χ0) is 15.7.